The Morgan fingerprint density at radius 3 is 2.94 bits per heavy atom. The highest BCUT2D eigenvalue weighted by molar-refractivity contribution is 6.32. The Morgan fingerprint density at radius 1 is 1.56 bits per heavy atom. The highest BCUT2D eigenvalue weighted by atomic mass is 35.5. The predicted molar refractivity (Wildman–Crippen MR) is 60.4 cm³/mol. The van der Waals surface area contributed by atoms with Gasteiger partial charge in [-0.15, -0.1) is 0 Å². The van der Waals surface area contributed by atoms with E-state index in [0.29, 0.717) is 22.4 Å². The van der Waals surface area contributed by atoms with Gasteiger partial charge in [0.1, 0.15) is 0 Å². The summed E-state index contributed by atoms with van der Waals surface area (Å²) >= 11 is 5.74. The molecular weight excluding hydrogens is 228 g/mol. The Labute approximate surface area is 98.4 Å². The summed E-state index contributed by atoms with van der Waals surface area (Å²) in [6, 6.07) is 4.70. The van der Waals surface area contributed by atoms with Crippen molar-refractivity contribution in [1.29, 1.82) is 0 Å². The largest absolute Gasteiger partial charge is 0.456 e. The van der Waals surface area contributed by atoms with Gasteiger partial charge in [0.05, 0.1) is 11.6 Å². The fourth-order valence-electron chi connectivity index (χ4n) is 1.00. The van der Waals surface area contributed by atoms with E-state index in [1.54, 1.807) is 19.1 Å². The van der Waals surface area contributed by atoms with Gasteiger partial charge >= 0.3 is 5.97 Å². The normalized spacial score (nSPS) is 8.88. The molecule has 0 saturated carbocycles. The molecule has 0 atom stereocenters. The van der Waals surface area contributed by atoms with E-state index in [9.17, 15) is 9.59 Å². The van der Waals surface area contributed by atoms with E-state index in [-0.39, 0.29) is 6.61 Å². The molecule has 0 aliphatic rings. The molecule has 3 nitrogen and oxygen atoms in total. The fourth-order valence-corrected chi connectivity index (χ4v) is 1.16. The lowest BCUT2D eigenvalue weighted by Gasteiger charge is -1.96. The van der Waals surface area contributed by atoms with Crippen LogP contribution < -0.4 is 0 Å². The molecule has 0 aliphatic heterocycles. The molecule has 0 fully saturated rings. The number of hydrogen-bond acceptors (Lipinski definition) is 3. The number of esters is 1. The summed E-state index contributed by atoms with van der Waals surface area (Å²) in [5.41, 5.74) is 0.886. The summed E-state index contributed by atoms with van der Waals surface area (Å²) < 4.78 is 4.64. The van der Waals surface area contributed by atoms with E-state index in [0.717, 1.165) is 0 Å². The van der Waals surface area contributed by atoms with E-state index in [2.05, 4.69) is 16.6 Å². The number of halogens is 1. The highest BCUT2D eigenvalue weighted by Gasteiger charge is 1.99. The van der Waals surface area contributed by atoms with Crippen LogP contribution in [0.3, 0.4) is 0 Å². The molecule has 82 valence electrons. The van der Waals surface area contributed by atoms with Gasteiger partial charge in [-0.05, 0) is 25.1 Å². The molecule has 0 aromatic heterocycles. The van der Waals surface area contributed by atoms with Crippen molar-refractivity contribution >= 4 is 23.9 Å². The van der Waals surface area contributed by atoms with Gasteiger partial charge < -0.3 is 4.74 Å². The molecule has 1 rings (SSSR count). The number of rotatable bonds is 2. The van der Waals surface area contributed by atoms with Crippen molar-refractivity contribution in [3.63, 3.8) is 0 Å². The predicted octanol–water partition coefficient (Wildman–Crippen LogP) is 2.07. The summed E-state index contributed by atoms with van der Waals surface area (Å²) in [4.78, 5) is 21.5. The number of benzene rings is 1. The Bertz CT molecular complexity index is 469. The van der Waals surface area contributed by atoms with Crippen LogP contribution in [0.5, 0.6) is 0 Å². The van der Waals surface area contributed by atoms with E-state index < -0.39 is 5.97 Å². The van der Waals surface area contributed by atoms with Crippen LogP contribution in [0.1, 0.15) is 22.8 Å². The second-order valence-electron chi connectivity index (χ2n) is 2.82. The fraction of sp³-hybridized carbons (Fsp3) is 0.167. The van der Waals surface area contributed by atoms with Crippen LogP contribution in [0.15, 0.2) is 18.2 Å². The third-order valence-electron chi connectivity index (χ3n) is 1.71. The molecule has 4 heteroatoms. The molecule has 0 N–H and O–H groups in total. The van der Waals surface area contributed by atoms with Crippen LogP contribution >= 0.6 is 11.6 Å². The number of hydrogen-bond donors (Lipinski definition) is 0. The lowest BCUT2D eigenvalue weighted by atomic mass is 10.1. The molecular formula is C12H9ClO3. The van der Waals surface area contributed by atoms with Gasteiger partial charge in [-0.1, -0.05) is 17.5 Å². The Kier molecular flexibility index (Phi) is 4.56. The van der Waals surface area contributed by atoms with Crippen molar-refractivity contribution in [3.8, 4) is 11.8 Å². The van der Waals surface area contributed by atoms with E-state index >= 15 is 0 Å². The molecule has 16 heavy (non-hydrogen) atoms. The average Bonchev–Trinajstić information content (AvgIpc) is 2.28. The minimum atomic E-state index is -0.592. The smallest absolute Gasteiger partial charge is 0.384 e. The van der Waals surface area contributed by atoms with Crippen LogP contribution in [0.2, 0.25) is 5.02 Å². The van der Waals surface area contributed by atoms with E-state index in [4.69, 9.17) is 11.6 Å². The number of carbonyl (C=O) groups excluding carboxylic acids is 2. The van der Waals surface area contributed by atoms with Crippen molar-refractivity contribution in [2.24, 2.45) is 0 Å². The van der Waals surface area contributed by atoms with Gasteiger partial charge in [-0.3, -0.25) is 4.79 Å². The van der Waals surface area contributed by atoms with Crippen LogP contribution in [0, 0.1) is 11.8 Å². The SMILES string of the molecule is CCOC(=O)C#Cc1ccc(Cl)c(C=O)c1. The van der Waals surface area contributed by atoms with Crippen molar-refractivity contribution < 1.29 is 14.3 Å². The Morgan fingerprint density at radius 2 is 2.31 bits per heavy atom. The summed E-state index contributed by atoms with van der Waals surface area (Å²) in [5, 5.41) is 0.358. The van der Waals surface area contributed by atoms with E-state index in [1.807, 2.05) is 0 Å². The summed E-state index contributed by atoms with van der Waals surface area (Å²) in [5.74, 6) is 4.30. The topological polar surface area (TPSA) is 43.4 Å². The first-order valence-corrected chi connectivity index (χ1v) is 4.98. The lowest BCUT2D eigenvalue weighted by molar-refractivity contribution is -0.136. The number of aldehydes is 1. The minimum absolute atomic E-state index is 0.285. The molecule has 0 bridgehead atoms. The monoisotopic (exact) mass is 236 g/mol. The molecule has 0 amide bonds. The maximum Gasteiger partial charge on any atom is 0.384 e. The first-order valence-electron chi connectivity index (χ1n) is 4.61. The highest BCUT2D eigenvalue weighted by Crippen LogP contribution is 2.14. The first-order chi connectivity index (χ1) is 7.67. The van der Waals surface area contributed by atoms with Crippen LogP contribution in [-0.2, 0) is 9.53 Å². The van der Waals surface area contributed by atoms with Gasteiger partial charge in [-0.2, -0.15) is 0 Å². The zero-order valence-electron chi connectivity index (χ0n) is 8.62. The molecule has 0 unspecified atom stereocenters. The second-order valence-corrected chi connectivity index (χ2v) is 3.23. The van der Waals surface area contributed by atoms with Crippen molar-refractivity contribution in [2.75, 3.05) is 6.61 Å². The number of ether oxygens (including phenoxy) is 1. The van der Waals surface area contributed by atoms with Crippen LogP contribution in [0.25, 0.3) is 0 Å². The molecule has 0 aliphatic carbocycles. The van der Waals surface area contributed by atoms with Gasteiger partial charge in [-0.25, -0.2) is 4.79 Å². The maximum absolute atomic E-state index is 10.9. The minimum Gasteiger partial charge on any atom is -0.456 e. The summed E-state index contributed by atoms with van der Waals surface area (Å²) in [6.07, 6.45) is 0.637. The average molecular weight is 237 g/mol. The van der Waals surface area contributed by atoms with Gasteiger partial charge in [0.25, 0.3) is 0 Å². The Hall–Kier alpha value is -1.79. The molecule has 1 aromatic carbocycles. The molecule has 0 heterocycles. The third-order valence-corrected chi connectivity index (χ3v) is 2.05. The standard InChI is InChI=1S/C12H9ClO3/c1-2-16-12(15)6-4-9-3-5-11(13)10(7-9)8-14/h3,5,7-8H,2H2,1H3. The van der Waals surface area contributed by atoms with Gasteiger partial charge in [0, 0.05) is 17.0 Å². The summed E-state index contributed by atoms with van der Waals surface area (Å²) in [7, 11) is 0. The van der Waals surface area contributed by atoms with Gasteiger partial charge in [0.2, 0.25) is 0 Å². The number of carbonyl (C=O) groups is 2. The summed E-state index contributed by atoms with van der Waals surface area (Å²) in [6.45, 7) is 1.99. The molecule has 0 radical (unpaired) electrons. The second kappa shape index (κ2) is 5.94. The van der Waals surface area contributed by atoms with Crippen LogP contribution in [-0.4, -0.2) is 18.9 Å². The van der Waals surface area contributed by atoms with Gasteiger partial charge in [0.15, 0.2) is 6.29 Å². The lowest BCUT2D eigenvalue weighted by Crippen LogP contribution is -1.99. The molecule has 1 aromatic rings. The van der Waals surface area contributed by atoms with Crippen molar-refractivity contribution in [3.05, 3.63) is 34.3 Å². The molecule has 0 spiro atoms. The molecule has 0 saturated heterocycles. The van der Waals surface area contributed by atoms with Crippen molar-refractivity contribution in [2.45, 2.75) is 6.92 Å². The maximum atomic E-state index is 10.9. The zero-order valence-corrected chi connectivity index (χ0v) is 9.38. The third kappa shape index (κ3) is 3.41. The first kappa shape index (κ1) is 12.3. The van der Waals surface area contributed by atoms with Crippen LogP contribution in [0.4, 0.5) is 0 Å². The van der Waals surface area contributed by atoms with E-state index in [1.165, 1.54) is 6.07 Å². The zero-order chi connectivity index (χ0) is 12.0. The quantitative estimate of drug-likeness (QED) is 0.449. The van der Waals surface area contributed by atoms with Crippen molar-refractivity contribution in [1.82, 2.24) is 0 Å². The Balaban J connectivity index is 2.89.